The van der Waals surface area contributed by atoms with E-state index in [0.717, 1.165) is 11.2 Å². The molecule has 3 aromatic carbocycles. The molecule has 20 heavy (non-hydrogen) atoms. The van der Waals surface area contributed by atoms with Gasteiger partial charge in [-0.1, -0.05) is 55.8 Å². The summed E-state index contributed by atoms with van der Waals surface area (Å²) in [4.78, 5) is 0. The van der Waals surface area contributed by atoms with E-state index in [1.165, 1.54) is 27.1 Å². The predicted molar refractivity (Wildman–Crippen MR) is 87.3 cm³/mol. The van der Waals surface area contributed by atoms with Gasteiger partial charge in [0.05, 0.1) is 0 Å². The van der Waals surface area contributed by atoms with E-state index in [0.29, 0.717) is 0 Å². The van der Waals surface area contributed by atoms with Crippen LogP contribution < -0.4 is 0 Å². The Morgan fingerprint density at radius 1 is 0.750 bits per heavy atom. The highest BCUT2D eigenvalue weighted by molar-refractivity contribution is 6.18. The van der Waals surface area contributed by atoms with Crippen LogP contribution in [0.1, 0.15) is 19.4 Å². The topological polar surface area (TPSA) is 13.1 Å². The molecule has 0 fully saturated rings. The second-order valence-corrected chi connectivity index (χ2v) is 4.76. The fourth-order valence-electron chi connectivity index (χ4n) is 2.66. The van der Waals surface area contributed by atoms with Crippen molar-refractivity contribution in [1.29, 1.82) is 0 Å². The lowest BCUT2D eigenvalue weighted by Crippen LogP contribution is -1.74. The van der Waals surface area contributed by atoms with E-state index in [1.54, 1.807) is 0 Å². The Bertz CT molecular complexity index is 884. The van der Waals surface area contributed by atoms with Crippen molar-refractivity contribution in [3.05, 3.63) is 60.2 Å². The summed E-state index contributed by atoms with van der Waals surface area (Å²) < 4.78 is 5.92. The van der Waals surface area contributed by atoms with Crippen molar-refractivity contribution in [2.24, 2.45) is 0 Å². The van der Waals surface area contributed by atoms with Gasteiger partial charge >= 0.3 is 0 Å². The van der Waals surface area contributed by atoms with E-state index in [1.807, 2.05) is 13.8 Å². The van der Waals surface area contributed by atoms with E-state index >= 15 is 0 Å². The maximum atomic E-state index is 5.92. The molecule has 0 bridgehead atoms. The van der Waals surface area contributed by atoms with Gasteiger partial charge in [0, 0.05) is 10.8 Å². The zero-order valence-electron chi connectivity index (χ0n) is 12.1. The Hall–Kier alpha value is -2.28. The summed E-state index contributed by atoms with van der Waals surface area (Å²) in [6.07, 6.45) is 0. The normalized spacial score (nSPS) is 10.8. The second-order valence-electron chi connectivity index (χ2n) is 4.76. The Balaban J connectivity index is 0.000000581. The molecule has 100 valence electrons. The van der Waals surface area contributed by atoms with Crippen LogP contribution >= 0.6 is 0 Å². The number of benzene rings is 3. The molecule has 1 heteroatoms. The first-order valence-electron chi connectivity index (χ1n) is 7.13. The zero-order valence-corrected chi connectivity index (χ0v) is 12.1. The SMILES string of the molecule is CC.Cc1ccc2oc3ccc4ccccc4c3c2c1. The number of hydrogen-bond donors (Lipinski definition) is 0. The highest BCUT2D eigenvalue weighted by Crippen LogP contribution is 2.34. The summed E-state index contributed by atoms with van der Waals surface area (Å²) in [6, 6.07) is 19.0. The van der Waals surface area contributed by atoms with Crippen molar-refractivity contribution in [2.45, 2.75) is 20.8 Å². The molecule has 0 spiro atoms. The molecular formula is C19H18O. The third-order valence-corrected chi connectivity index (χ3v) is 3.52. The van der Waals surface area contributed by atoms with Crippen LogP contribution in [0.5, 0.6) is 0 Å². The number of hydrogen-bond acceptors (Lipinski definition) is 1. The molecule has 0 N–H and O–H groups in total. The first-order valence-corrected chi connectivity index (χ1v) is 7.13. The third-order valence-electron chi connectivity index (χ3n) is 3.52. The summed E-state index contributed by atoms with van der Waals surface area (Å²) >= 11 is 0. The minimum absolute atomic E-state index is 0.965. The monoisotopic (exact) mass is 262 g/mol. The summed E-state index contributed by atoms with van der Waals surface area (Å²) in [5, 5.41) is 4.96. The average molecular weight is 262 g/mol. The van der Waals surface area contributed by atoms with Gasteiger partial charge in [-0.2, -0.15) is 0 Å². The maximum absolute atomic E-state index is 5.92. The molecule has 0 atom stereocenters. The summed E-state index contributed by atoms with van der Waals surface area (Å²) in [7, 11) is 0. The fraction of sp³-hybridized carbons (Fsp3) is 0.158. The van der Waals surface area contributed by atoms with Gasteiger partial charge < -0.3 is 4.42 Å². The number of aryl methyl sites for hydroxylation is 1. The third kappa shape index (κ3) is 1.87. The summed E-state index contributed by atoms with van der Waals surface area (Å²) in [6.45, 7) is 6.11. The lowest BCUT2D eigenvalue weighted by Gasteiger charge is -1.98. The summed E-state index contributed by atoms with van der Waals surface area (Å²) in [5.74, 6) is 0. The minimum Gasteiger partial charge on any atom is -0.456 e. The summed E-state index contributed by atoms with van der Waals surface area (Å²) in [5.41, 5.74) is 3.19. The van der Waals surface area contributed by atoms with Crippen LogP contribution in [-0.2, 0) is 0 Å². The Kier molecular flexibility index (Phi) is 3.19. The molecule has 0 aliphatic rings. The smallest absolute Gasteiger partial charge is 0.136 e. The molecule has 0 aliphatic heterocycles. The molecule has 0 unspecified atom stereocenters. The van der Waals surface area contributed by atoms with Crippen molar-refractivity contribution >= 4 is 32.7 Å². The quantitative estimate of drug-likeness (QED) is 0.374. The van der Waals surface area contributed by atoms with E-state index < -0.39 is 0 Å². The van der Waals surface area contributed by atoms with E-state index in [4.69, 9.17) is 4.42 Å². The van der Waals surface area contributed by atoms with Gasteiger partial charge in [-0.25, -0.2) is 0 Å². The van der Waals surface area contributed by atoms with Crippen molar-refractivity contribution in [3.63, 3.8) is 0 Å². The molecule has 0 saturated heterocycles. The highest BCUT2D eigenvalue weighted by atomic mass is 16.3. The van der Waals surface area contributed by atoms with Crippen LogP contribution in [0.3, 0.4) is 0 Å². The molecular weight excluding hydrogens is 244 g/mol. The van der Waals surface area contributed by atoms with Crippen LogP contribution in [-0.4, -0.2) is 0 Å². The maximum Gasteiger partial charge on any atom is 0.136 e. The number of furan rings is 1. The Morgan fingerprint density at radius 2 is 1.50 bits per heavy atom. The van der Waals surface area contributed by atoms with Crippen LogP contribution in [0.15, 0.2) is 59.0 Å². The number of rotatable bonds is 0. The van der Waals surface area contributed by atoms with Gasteiger partial charge in [0.15, 0.2) is 0 Å². The van der Waals surface area contributed by atoms with Gasteiger partial charge in [0.25, 0.3) is 0 Å². The lowest BCUT2D eigenvalue weighted by atomic mass is 10.0. The van der Waals surface area contributed by atoms with Crippen LogP contribution in [0.2, 0.25) is 0 Å². The van der Waals surface area contributed by atoms with Crippen LogP contribution in [0, 0.1) is 6.92 Å². The number of fused-ring (bicyclic) bond motifs is 5. The zero-order chi connectivity index (χ0) is 14.1. The van der Waals surface area contributed by atoms with Crippen molar-refractivity contribution in [1.82, 2.24) is 0 Å². The molecule has 0 saturated carbocycles. The van der Waals surface area contributed by atoms with E-state index in [9.17, 15) is 0 Å². The van der Waals surface area contributed by atoms with Gasteiger partial charge in [-0.05, 0) is 35.9 Å². The standard InChI is InChI=1S/C17H12O.C2H6/c1-11-6-8-15-14(10-11)17-13-5-3-2-4-12(13)7-9-16(17)18-15;1-2/h2-10H,1H3;1-2H3. The minimum atomic E-state index is 0.965. The van der Waals surface area contributed by atoms with E-state index in [2.05, 4.69) is 61.5 Å². The van der Waals surface area contributed by atoms with Gasteiger partial charge in [-0.3, -0.25) is 0 Å². The Labute approximate surface area is 118 Å². The van der Waals surface area contributed by atoms with Gasteiger partial charge in [0.2, 0.25) is 0 Å². The molecule has 0 radical (unpaired) electrons. The average Bonchev–Trinajstić information content (AvgIpc) is 2.87. The van der Waals surface area contributed by atoms with Crippen LogP contribution in [0.25, 0.3) is 32.7 Å². The fourth-order valence-corrected chi connectivity index (χ4v) is 2.66. The molecule has 4 rings (SSSR count). The molecule has 0 amide bonds. The van der Waals surface area contributed by atoms with Crippen molar-refractivity contribution in [2.75, 3.05) is 0 Å². The predicted octanol–water partition coefficient (Wildman–Crippen LogP) is 6.07. The molecule has 1 aromatic heterocycles. The first kappa shape index (κ1) is 12.7. The molecule has 1 nitrogen and oxygen atoms in total. The first-order chi connectivity index (χ1) is 9.83. The van der Waals surface area contributed by atoms with E-state index in [-0.39, 0.29) is 0 Å². The van der Waals surface area contributed by atoms with Crippen LogP contribution in [0.4, 0.5) is 0 Å². The largest absolute Gasteiger partial charge is 0.456 e. The lowest BCUT2D eigenvalue weighted by molar-refractivity contribution is 0.669. The molecule has 4 aromatic rings. The molecule has 0 aliphatic carbocycles. The Morgan fingerprint density at radius 3 is 2.35 bits per heavy atom. The second kappa shape index (κ2) is 5.01. The van der Waals surface area contributed by atoms with Crippen molar-refractivity contribution in [3.8, 4) is 0 Å². The highest BCUT2D eigenvalue weighted by Gasteiger charge is 2.09. The van der Waals surface area contributed by atoms with Gasteiger partial charge in [0.1, 0.15) is 11.2 Å². The van der Waals surface area contributed by atoms with Crippen molar-refractivity contribution < 1.29 is 4.42 Å². The molecule has 1 heterocycles. The van der Waals surface area contributed by atoms with Gasteiger partial charge in [-0.15, -0.1) is 0 Å².